The van der Waals surface area contributed by atoms with Gasteiger partial charge in [0.1, 0.15) is 11.6 Å². The minimum absolute atomic E-state index is 0. The fourth-order valence-corrected chi connectivity index (χ4v) is 5.30. The van der Waals surface area contributed by atoms with Crippen LogP contribution in [0.25, 0.3) is 10.8 Å². The average Bonchev–Trinajstić information content (AvgIpc) is 2.90. The predicted molar refractivity (Wildman–Crippen MR) is 148 cm³/mol. The third kappa shape index (κ3) is 5.79. The molecule has 4 nitrogen and oxygen atoms in total. The van der Waals surface area contributed by atoms with Gasteiger partial charge in [-0.05, 0) is 72.8 Å². The summed E-state index contributed by atoms with van der Waals surface area (Å²) in [6.45, 7) is 3.05. The van der Waals surface area contributed by atoms with E-state index >= 15 is 0 Å². The molecule has 0 saturated heterocycles. The first-order chi connectivity index (χ1) is 17.5. The molecule has 1 aliphatic heterocycles. The summed E-state index contributed by atoms with van der Waals surface area (Å²) in [5.74, 6) is -1.19. The van der Waals surface area contributed by atoms with E-state index in [0.29, 0.717) is 0 Å². The molecule has 0 bridgehead atoms. The van der Waals surface area contributed by atoms with Crippen LogP contribution in [0.4, 0.5) is 4.39 Å². The second-order valence-electron chi connectivity index (χ2n) is 9.50. The minimum atomic E-state index is -1.25. The number of carboxylic acids is 1. The van der Waals surface area contributed by atoms with Crippen LogP contribution in [0.3, 0.4) is 0 Å². The second kappa shape index (κ2) is 11.8. The Bertz CT molecular complexity index is 1390. The smallest absolute Gasteiger partial charge is 0.338 e. The molecule has 192 valence electrons. The van der Waals surface area contributed by atoms with Gasteiger partial charge in [0.25, 0.3) is 0 Å². The zero-order valence-electron chi connectivity index (χ0n) is 20.7. The number of halogens is 2. The van der Waals surface area contributed by atoms with E-state index in [1.807, 2.05) is 24.3 Å². The van der Waals surface area contributed by atoms with Crippen molar-refractivity contribution >= 4 is 29.1 Å². The van der Waals surface area contributed by atoms with E-state index in [2.05, 4.69) is 54.7 Å². The molecule has 6 heteroatoms. The molecule has 4 aromatic rings. The summed E-state index contributed by atoms with van der Waals surface area (Å²) >= 11 is 0. The quantitative estimate of drug-likeness (QED) is 0.236. The van der Waals surface area contributed by atoms with Gasteiger partial charge in [0.05, 0.1) is 11.7 Å². The van der Waals surface area contributed by atoms with Crippen LogP contribution in [0.1, 0.15) is 65.2 Å². The molecular weight excluding hydrogens is 489 g/mol. The Morgan fingerprint density at radius 2 is 1.81 bits per heavy atom. The van der Waals surface area contributed by atoms with Crippen molar-refractivity contribution in [2.24, 2.45) is 0 Å². The third-order valence-electron chi connectivity index (χ3n) is 7.15. The van der Waals surface area contributed by atoms with Crippen LogP contribution in [0, 0.1) is 5.82 Å². The lowest BCUT2D eigenvalue weighted by molar-refractivity contribution is 0.0691. The maximum atomic E-state index is 14.0. The van der Waals surface area contributed by atoms with Crippen molar-refractivity contribution in [3.63, 3.8) is 0 Å². The standard InChI is InChI=1S/C31H30FNO3.ClH/c1-20(24-13-6-9-21-8-2-3-11-25(21)24)33-17-7-10-23-19-27(26-12-4-5-14-30(26)36-23)22-15-16-29(32)28(18-22)31(34)35;/h2-6,8-9,11-16,18,20,23,27,33H,7,10,17,19H2,1H3,(H,34,35);1H/t20?,23-,27-;/m1./s1. The number of aromatic carboxylic acids is 1. The number of para-hydroxylation sites is 1. The SMILES string of the molecule is CC(NCCC[C@@H]1C[C@H](c2ccc(F)c(C(=O)O)c2)c2ccccc2O1)c1cccc2ccccc12.Cl. The Balaban J connectivity index is 0.00000320. The zero-order valence-corrected chi connectivity index (χ0v) is 21.5. The van der Waals surface area contributed by atoms with Gasteiger partial charge >= 0.3 is 5.97 Å². The number of hydrogen-bond acceptors (Lipinski definition) is 3. The van der Waals surface area contributed by atoms with E-state index in [1.54, 1.807) is 6.07 Å². The molecule has 0 fully saturated rings. The average molecular weight is 520 g/mol. The summed E-state index contributed by atoms with van der Waals surface area (Å²) in [6, 6.07) is 27.4. The molecule has 0 radical (unpaired) electrons. The van der Waals surface area contributed by atoms with Crippen LogP contribution >= 0.6 is 12.4 Å². The molecular formula is C31H31ClFNO3. The van der Waals surface area contributed by atoms with E-state index in [9.17, 15) is 14.3 Å². The number of nitrogens with one attached hydrogen (secondary N) is 1. The second-order valence-corrected chi connectivity index (χ2v) is 9.50. The van der Waals surface area contributed by atoms with E-state index in [0.717, 1.165) is 42.7 Å². The van der Waals surface area contributed by atoms with Crippen molar-refractivity contribution in [1.82, 2.24) is 5.32 Å². The number of ether oxygens (including phenoxy) is 1. The summed E-state index contributed by atoms with van der Waals surface area (Å²) < 4.78 is 20.3. The Morgan fingerprint density at radius 3 is 2.65 bits per heavy atom. The van der Waals surface area contributed by atoms with Gasteiger partial charge in [0.15, 0.2) is 0 Å². The van der Waals surface area contributed by atoms with Crippen molar-refractivity contribution in [1.29, 1.82) is 0 Å². The Hall–Kier alpha value is -3.41. The molecule has 1 heterocycles. The molecule has 3 atom stereocenters. The molecule has 0 spiro atoms. The van der Waals surface area contributed by atoms with Crippen LogP contribution in [-0.2, 0) is 0 Å². The highest BCUT2D eigenvalue weighted by molar-refractivity contribution is 5.88. The predicted octanol–water partition coefficient (Wildman–Crippen LogP) is 7.51. The van der Waals surface area contributed by atoms with Crippen LogP contribution in [0.15, 0.2) is 84.9 Å². The van der Waals surface area contributed by atoms with Gasteiger partial charge in [0, 0.05) is 17.5 Å². The van der Waals surface area contributed by atoms with Crippen molar-refractivity contribution in [3.8, 4) is 5.75 Å². The van der Waals surface area contributed by atoms with E-state index in [4.69, 9.17) is 4.74 Å². The molecule has 1 unspecified atom stereocenters. The highest BCUT2D eigenvalue weighted by atomic mass is 35.5. The van der Waals surface area contributed by atoms with Crippen LogP contribution in [-0.4, -0.2) is 23.7 Å². The largest absolute Gasteiger partial charge is 0.490 e. The normalized spacial score (nSPS) is 17.4. The summed E-state index contributed by atoms with van der Waals surface area (Å²) in [6.07, 6.45) is 2.53. The lowest BCUT2D eigenvalue weighted by Gasteiger charge is -2.33. The number of carbonyl (C=O) groups is 1. The van der Waals surface area contributed by atoms with Gasteiger partial charge < -0.3 is 15.2 Å². The van der Waals surface area contributed by atoms with Crippen LogP contribution < -0.4 is 10.1 Å². The zero-order chi connectivity index (χ0) is 25.1. The highest BCUT2D eigenvalue weighted by Crippen LogP contribution is 2.41. The molecule has 0 saturated carbocycles. The van der Waals surface area contributed by atoms with Gasteiger partial charge in [-0.3, -0.25) is 0 Å². The molecule has 0 aliphatic carbocycles. The maximum absolute atomic E-state index is 14.0. The fraction of sp³-hybridized carbons (Fsp3) is 0.258. The number of rotatable bonds is 8. The molecule has 37 heavy (non-hydrogen) atoms. The maximum Gasteiger partial charge on any atom is 0.338 e. The summed E-state index contributed by atoms with van der Waals surface area (Å²) in [5.41, 5.74) is 2.82. The summed E-state index contributed by atoms with van der Waals surface area (Å²) in [4.78, 5) is 11.5. The number of carboxylic acid groups (broad SMARTS) is 1. The highest BCUT2D eigenvalue weighted by Gasteiger charge is 2.30. The molecule has 4 aromatic carbocycles. The van der Waals surface area contributed by atoms with Crippen molar-refractivity contribution < 1.29 is 19.0 Å². The number of hydrogen-bond donors (Lipinski definition) is 2. The monoisotopic (exact) mass is 519 g/mol. The van der Waals surface area contributed by atoms with E-state index < -0.39 is 11.8 Å². The number of benzene rings is 4. The fourth-order valence-electron chi connectivity index (χ4n) is 5.30. The first-order valence-corrected chi connectivity index (χ1v) is 12.5. The Labute approximate surface area is 222 Å². The van der Waals surface area contributed by atoms with E-state index in [1.165, 1.54) is 28.5 Å². The first kappa shape index (κ1) is 26.6. The molecule has 5 rings (SSSR count). The molecule has 0 aromatic heterocycles. The molecule has 0 amide bonds. The minimum Gasteiger partial charge on any atom is -0.490 e. The number of fused-ring (bicyclic) bond motifs is 2. The lowest BCUT2D eigenvalue weighted by Crippen LogP contribution is -2.28. The van der Waals surface area contributed by atoms with Gasteiger partial charge in [-0.2, -0.15) is 0 Å². The Kier molecular flexibility index (Phi) is 8.47. The lowest BCUT2D eigenvalue weighted by atomic mass is 9.82. The summed E-state index contributed by atoms with van der Waals surface area (Å²) in [5, 5.41) is 15.6. The van der Waals surface area contributed by atoms with Crippen LogP contribution in [0.2, 0.25) is 0 Å². The van der Waals surface area contributed by atoms with Crippen LogP contribution in [0.5, 0.6) is 5.75 Å². The van der Waals surface area contributed by atoms with E-state index in [-0.39, 0.29) is 36.0 Å². The van der Waals surface area contributed by atoms with Gasteiger partial charge in [-0.25, -0.2) is 9.18 Å². The van der Waals surface area contributed by atoms with Gasteiger partial charge in [-0.15, -0.1) is 12.4 Å². The Morgan fingerprint density at radius 1 is 1.05 bits per heavy atom. The van der Waals surface area contributed by atoms with Gasteiger partial charge in [-0.1, -0.05) is 66.7 Å². The van der Waals surface area contributed by atoms with Crippen molar-refractivity contribution in [3.05, 3.63) is 113 Å². The third-order valence-corrected chi connectivity index (χ3v) is 7.15. The first-order valence-electron chi connectivity index (χ1n) is 12.5. The van der Waals surface area contributed by atoms with Crippen molar-refractivity contribution in [2.75, 3.05) is 6.54 Å². The molecule has 1 aliphatic rings. The topological polar surface area (TPSA) is 58.6 Å². The molecule has 2 N–H and O–H groups in total. The van der Waals surface area contributed by atoms with Crippen molar-refractivity contribution in [2.45, 2.75) is 44.2 Å². The summed E-state index contributed by atoms with van der Waals surface area (Å²) in [7, 11) is 0. The van der Waals surface area contributed by atoms with Gasteiger partial charge in [0.2, 0.25) is 0 Å².